The van der Waals surface area contributed by atoms with Gasteiger partial charge in [-0.15, -0.1) is 0 Å². The van der Waals surface area contributed by atoms with Gasteiger partial charge in [-0.2, -0.15) is 0 Å². The van der Waals surface area contributed by atoms with Crippen molar-refractivity contribution in [2.24, 2.45) is 5.73 Å². The van der Waals surface area contributed by atoms with Gasteiger partial charge in [0.15, 0.2) is 0 Å². The molecule has 108 valence electrons. The van der Waals surface area contributed by atoms with E-state index in [4.69, 9.17) is 10.5 Å². The van der Waals surface area contributed by atoms with E-state index in [9.17, 15) is 5.11 Å². The first-order valence-corrected chi connectivity index (χ1v) is 7.14. The third-order valence-corrected chi connectivity index (χ3v) is 3.64. The highest BCUT2D eigenvalue weighted by atomic mass is 16.5. The molecule has 0 fully saturated rings. The average molecular weight is 265 g/mol. The van der Waals surface area contributed by atoms with Gasteiger partial charge in [0.1, 0.15) is 5.75 Å². The fourth-order valence-electron chi connectivity index (χ4n) is 2.06. The van der Waals surface area contributed by atoms with Crippen LogP contribution in [0.2, 0.25) is 0 Å². The van der Waals surface area contributed by atoms with Crippen LogP contribution in [0.15, 0.2) is 24.3 Å². The van der Waals surface area contributed by atoms with Crippen molar-refractivity contribution in [3.8, 4) is 5.75 Å². The highest BCUT2D eigenvalue weighted by Crippen LogP contribution is 2.26. The molecule has 19 heavy (non-hydrogen) atoms. The van der Waals surface area contributed by atoms with Crippen LogP contribution in [0.1, 0.15) is 51.5 Å². The van der Waals surface area contributed by atoms with Crippen molar-refractivity contribution in [3.05, 3.63) is 29.8 Å². The number of hydrogen-bond donors (Lipinski definition) is 2. The monoisotopic (exact) mass is 265 g/mol. The molecule has 1 atom stereocenters. The number of rotatable bonds is 8. The molecule has 3 heteroatoms. The van der Waals surface area contributed by atoms with Gasteiger partial charge in [0.25, 0.3) is 0 Å². The maximum atomic E-state index is 9.25. The summed E-state index contributed by atoms with van der Waals surface area (Å²) < 4.78 is 5.85. The summed E-state index contributed by atoms with van der Waals surface area (Å²) in [5, 5.41) is 9.25. The van der Waals surface area contributed by atoms with Gasteiger partial charge in [-0.25, -0.2) is 0 Å². The summed E-state index contributed by atoms with van der Waals surface area (Å²) >= 11 is 0. The van der Waals surface area contributed by atoms with Crippen LogP contribution in [0.25, 0.3) is 0 Å². The van der Waals surface area contributed by atoms with E-state index < -0.39 is 5.54 Å². The molecule has 0 saturated carbocycles. The molecule has 0 aliphatic carbocycles. The Kier molecular flexibility index (Phi) is 6.32. The summed E-state index contributed by atoms with van der Waals surface area (Å²) in [6.07, 6.45) is 2.42. The first-order valence-electron chi connectivity index (χ1n) is 7.14. The lowest BCUT2D eigenvalue weighted by atomic mass is 9.93. The highest BCUT2D eigenvalue weighted by Gasteiger charge is 2.20. The number of hydrogen-bond acceptors (Lipinski definition) is 3. The Morgan fingerprint density at radius 3 is 2.58 bits per heavy atom. The predicted octanol–water partition coefficient (Wildman–Crippen LogP) is 3.07. The number of nitrogens with two attached hydrogens (primary N) is 1. The quantitative estimate of drug-likeness (QED) is 0.710. The smallest absolute Gasteiger partial charge is 0.122 e. The summed E-state index contributed by atoms with van der Waals surface area (Å²) in [7, 11) is 0. The Bertz CT molecular complexity index is 373. The van der Waals surface area contributed by atoms with Crippen LogP contribution >= 0.6 is 0 Å². The predicted molar refractivity (Wildman–Crippen MR) is 79.6 cm³/mol. The van der Waals surface area contributed by atoms with Gasteiger partial charge in [0.05, 0.1) is 13.2 Å². The summed E-state index contributed by atoms with van der Waals surface area (Å²) in [5.41, 5.74) is 6.83. The van der Waals surface area contributed by atoms with Crippen LogP contribution in [0.5, 0.6) is 5.75 Å². The zero-order valence-electron chi connectivity index (χ0n) is 12.4. The minimum absolute atomic E-state index is 0.0338. The molecule has 1 aromatic rings. The van der Waals surface area contributed by atoms with Crippen LogP contribution in [-0.2, 0) is 0 Å². The zero-order chi connectivity index (χ0) is 14.3. The molecule has 0 aliphatic heterocycles. The van der Waals surface area contributed by atoms with Crippen LogP contribution in [-0.4, -0.2) is 23.9 Å². The van der Waals surface area contributed by atoms with Gasteiger partial charge >= 0.3 is 0 Å². The zero-order valence-corrected chi connectivity index (χ0v) is 12.4. The molecular weight excluding hydrogens is 238 g/mol. The van der Waals surface area contributed by atoms with Gasteiger partial charge in [-0.3, -0.25) is 0 Å². The maximum absolute atomic E-state index is 9.25. The van der Waals surface area contributed by atoms with Crippen LogP contribution < -0.4 is 10.5 Å². The Hall–Kier alpha value is -1.06. The second-order valence-electron chi connectivity index (χ2n) is 5.52. The van der Waals surface area contributed by atoms with Crippen molar-refractivity contribution in [1.29, 1.82) is 0 Å². The molecule has 1 unspecified atom stereocenters. The Morgan fingerprint density at radius 2 is 2.00 bits per heavy atom. The lowest BCUT2D eigenvalue weighted by molar-refractivity contribution is 0.171. The second-order valence-corrected chi connectivity index (χ2v) is 5.52. The molecule has 0 saturated heterocycles. The molecule has 0 amide bonds. The molecule has 0 heterocycles. The number of aliphatic hydroxyl groups is 1. The first-order chi connectivity index (χ1) is 9.02. The molecular formula is C16H27NO2. The average Bonchev–Trinajstić information content (AvgIpc) is 2.43. The Balaban J connectivity index is 2.46. The van der Waals surface area contributed by atoms with E-state index >= 15 is 0 Å². The molecule has 0 spiro atoms. The summed E-state index contributed by atoms with van der Waals surface area (Å²) in [6, 6.07) is 8.15. The van der Waals surface area contributed by atoms with Crippen molar-refractivity contribution in [2.75, 3.05) is 13.2 Å². The summed E-state index contributed by atoms with van der Waals surface area (Å²) in [5.74, 6) is 1.42. The molecule has 3 N–H and O–H groups in total. The van der Waals surface area contributed by atoms with E-state index in [0.717, 1.165) is 25.0 Å². The number of benzene rings is 1. The number of aliphatic hydroxyl groups excluding tert-OH is 1. The Morgan fingerprint density at radius 1 is 1.32 bits per heavy atom. The van der Waals surface area contributed by atoms with Crippen molar-refractivity contribution >= 4 is 0 Å². The van der Waals surface area contributed by atoms with Gasteiger partial charge in [-0.05, 0) is 36.8 Å². The SMILES string of the molecule is CCC(N)(CO)CCCOc1ccccc1C(C)C. The van der Waals surface area contributed by atoms with Crippen LogP contribution in [0.3, 0.4) is 0 Å². The van der Waals surface area contributed by atoms with Crippen LogP contribution in [0, 0.1) is 0 Å². The molecule has 0 aromatic heterocycles. The van der Waals surface area contributed by atoms with Crippen molar-refractivity contribution in [2.45, 2.75) is 51.5 Å². The standard InChI is InChI=1S/C16H27NO2/c1-4-16(17,12-18)10-7-11-19-15-9-6-5-8-14(15)13(2)3/h5-6,8-9,13,18H,4,7,10-12,17H2,1-3H3. The van der Waals surface area contributed by atoms with Crippen molar-refractivity contribution in [1.82, 2.24) is 0 Å². The first kappa shape index (κ1) is 16.0. The minimum atomic E-state index is -0.457. The number of para-hydroxylation sites is 1. The summed E-state index contributed by atoms with van der Waals surface area (Å²) in [4.78, 5) is 0. The van der Waals surface area contributed by atoms with E-state index in [2.05, 4.69) is 19.9 Å². The molecule has 0 bridgehead atoms. The van der Waals surface area contributed by atoms with E-state index in [1.807, 2.05) is 25.1 Å². The summed E-state index contributed by atoms with van der Waals surface area (Å²) in [6.45, 7) is 7.01. The fraction of sp³-hybridized carbons (Fsp3) is 0.625. The van der Waals surface area contributed by atoms with Crippen molar-refractivity contribution < 1.29 is 9.84 Å². The highest BCUT2D eigenvalue weighted by molar-refractivity contribution is 5.35. The molecule has 0 radical (unpaired) electrons. The fourth-order valence-corrected chi connectivity index (χ4v) is 2.06. The molecule has 1 rings (SSSR count). The van der Waals surface area contributed by atoms with E-state index in [0.29, 0.717) is 12.5 Å². The van der Waals surface area contributed by atoms with E-state index in [1.54, 1.807) is 0 Å². The second kappa shape index (κ2) is 7.51. The normalized spacial score (nSPS) is 14.4. The van der Waals surface area contributed by atoms with Crippen LogP contribution in [0.4, 0.5) is 0 Å². The van der Waals surface area contributed by atoms with Crippen molar-refractivity contribution in [3.63, 3.8) is 0 Å². The lowest BCUT2D eigenvalue weighted by Crippen LogP contribution is -2.43. The van der Waals surface area contributed by atoms with Gasteiger partial charge in [0, 0.05) is 5.54 Å². The van der Waals surface area contributed by atoms with E-state index in [-0.39, 0.29) is 6.61 Å². The molecule has 0 aliphatic rings. The van der Waals surface area contributed by atoms with Gasteiger partial charge in [-0.1, -0.05) is 39.0 Å². The molecule has 1 aromatic carbocycles. The topological polar surface area (TPSA) is 55.5 Å². The largest absolute Gasteiger partial charge is 0.493 e. The number of ether oxygens (including phenoxy) is 1. The maximum Gasteiger partial charge on any atom is 0.122 e. The lowest BCUT2D eigenvalue weighted by Gasteiger charge is -2.25. The third kappa shape index (κ3) is 4.84. The third-order valence-electron chi connectivity index (χ3n) is 3.64. The van der Waals surface area contributed by atoms with Gasteiger partial charge in [0.2, 0.25) is 0 Å². The van der Waals surface area contributed by atoms with Gasteiger partial charge < -0.3 is 15.6 Å². The molecule has 3 nitrogen and oxygen atoms in total. The minimum Gasteiger partial charge on any atom is -0.493 e. The van der Waals surface area contributed by atoms with E-state index in [1.165, 1.54) is 5.56 Å². The Labute approximate surface area is 116 Å².